The van der Waals surface area contributed by atoms with Crippen molar-refractivity contribution >= 4 is 0 Å². The van der Waals surface area contributed by atoms with Crippen molar-refractivity contribution in [2.45, 2.75) is 129 Å². The fourth-order valence-corrected chi connectivity index (χ4v) is 3.38. The normalized spacial score (nSPS) is 14.7. The van der Waals surface area contributed by atoms with Crippen molar-refractivity contribution in [3.63, 3.8) is 0 Å². The van der Waals surface area contributed by atoms with Crippen LogP contribution in [0.4, 0.5) is 0 Å². The minimum absolute atomic E-state index is 0.102. The molecule has 0 bridgehead atoms. The first-order valence-corrected chi connectivity index (χ1v) is 11.0. The molecular weight excluding hydrogens is 342 g/mol. The molecule has 0 aromatic carbocycles. The minimum atomic E-state index is -0.746. The Balaban J connectivity index is 3.85. The second-order valence-corrected chi connectivity index (χ2v) is 7.85. The van der Waals surface area contributed by atoms with Gasteiger partial charge in [-0.15, -0.1) is 0 Å². The van der Waals surface area contributed by atoms with E-state index in [4.69, 9.17) is 10.3 Å². The molecule has 0 aliphatic heterocycles. The Hall–Kier alpha value is -0.810. The van der Waals surface area contributed by atoms with Gasteiger partial charge in [-0.2, -0.15) is 0 Å². The van der Waals surface area contributed by atoms with Crippen molar-refractivity contribution in [3.05, 3.63) is 10.4 Å². The molecule has 6 heteroatoms. The number of nitrogens with zero attached hydrogens (tertiary/aromatic N) is 3. The van der Waals surface area contributed by atoms with E-state index in [0.29, 0.717) is 6.42 Å². The fraction of sp³-hybridized carbons (Fsp3) is 1.00. The predicted molar refractivity (Wildman–Crippen MR) is 112 cm³/mol. The van der Waals surface area contributed by atoms with Crippen LogP contribution < -0.4 is 0 Å². The van der Waals surface area contributed by atoms with Crippen molar-refractivity contribution in [1.82, 2.24) is 0 Å². The number of ether oxygens (including phenoxy) is 1. The quantitative estimate of drug-likeness (QED) is 0.125. The van der Waals surface area contributed by atoms with Gasteiger partial charge < -0.3 is 14.9 Å². The highest BCUT2D eigenvalue weighted by Gasteiger charge is 2.28. The van der Waals surface area contributed by atoms with Gasteiger partial charge in [0.05, 0.1) is 31.0 Å². The number of rotatable bonds is 19. The highest BCUT2D eigenvalue weighted by molar-refractivity contribution is 4.83. The zero-order chi connectivity index (χ0) is 20.3. The zero-order valence-electron chi connectivity index (χ0n) is 17.9. The lowest BCUT2D eigenvalue weighted by molar-refractivity contribution is -0.0854. The highest BCUT2D eigenvalue weighted by Crippen LogP contribution is 2.18. The van der Waals surface area contributed by atoms with Gasteiger partial charge in [0.2, 0.25) is 0 Å². The van der Waals surface area contributed by atoms with Crippen LogP contribution in [-0.2, 0) is 4.74 Å². The van der Waals surface area contributed by atoms with E-state index in [1.165, 1.54) is 64.2 Å². The van der Waals surface area contributed by atoms with Gasteiger partial charge in [0.25, 0.3) is 0 Å². The average Bonchev–Trinajstić information content (AvgIpc) is 2.65. The van der Waals surface area contributed by atoms with E-state index in [9.17, 15) is 10.2 Å². The second kappa shape index (κ2) is 18.5. The first kappa shape index (κ1) is 26.2. The molecule has 6 nitrogen and oxygen atoms in total. The fourth-order valence-electron chi connectivity index (χ4n) is 3.38. The highest BCUT2D eigenvalue weighted by atomic mass is 16.5. The van der Waals surface area contributed by atoms with E-state index in [0.717, 1.165) is 12.8 Å². The molecule has 27 heavy (non-hydrogen) atoms. The summed E-state index contributed by atoms with van der Waals surface area (Å²) in [6.45, 7) is 5.67. The topological polar surface area (TPSA) is 98.5 Å². The molecule has 160 valence electrons. The van der Waals surface area contributed by atoms with Crippen LogP contribution in [0.15, 0.2) is 5.11 Å². The SMILES string of the molecule is CCCCCCCCCCCCCC[C@@H](O)[C@@H](OC(C)C)[C@H](CO)N=[N+]=[N-]. The molecule has 0 heterocycles. The molecule has 0 radical (unpaired) electrons. The summed E-state index contributed by atoms with van der Waals surface area (Å²) < 4.78 is 5.70. The van der Waals surface area contributed by atoms with Crippen molar-refractivity contribution in [2.75, 3.05) is 6.61 Å². The predicted octanol–water partition coefficient (Wildman–Crippen LogP) is 5.90. The Morgan fingerprint density at radius 3 is 1.78 bits per heavy atom. The summed E-state index contributed by atoms with van der Waals surface area (Å²) in [4.78, 5) is 2.76. The summed E-state index contributed by atoms with van der Waals surface area (Å²) in [6, 6.07) is -0.746. The number of hydrogen-bond donors (Lipinski definition) is 2. The van der Waals surface area contributed by atoms with Gasteiger partial charge >= 0.3 is 0 Å². The Bertz CT molecular complexity index is 374. The molecule has 0 aromatic rings. The smallest absolute Gasteiger partial charge is 0.0944 e. The second-order valence-electron chi connectivity index (χ2n) is 7.85. The lowest BCUT2D eigenvalue weighted by Gasteiger charge is -2.29. The first-order valence-electron chi connectivity index (χ1n) is 11.0. The molecule has 0 saturated carbocycles. The van der Waals surface area contributed by atoms with Crippen LogP contribution >= 0.6 is 0 Å². The summed E-state index contributed by atoms with van der Waals surface area (Å²) in [5, 5.41) is 23.4. The standard InChI is InChI=1S/C21H43N3O3/c1-4-5-6-7-8-9-10-11-12-13-14-15-16-20(26)21(27-18(2)3)19(17-25)23-24-22/h18-21,25-26H,4-17H2,1-3H3/t19-,20+,21-/m0/s1. The Morgan fingerprint density at radius 1 is 0.889 bits per heavy atom. The van der Waals surface area contributed by atoms with E-state index < -0.39 is 18.2 Å². The molecule has 0 fully saturated rings. The lowest BCUT2D eigenvalue weighted by Crippen LogP contribution is -2.42. The van der Waals surface area contributed by atoms with E-state index in [1.807, 2.05) is 13.8 Å². The van der Waals surface area contributed by atoms with Crippen LogP contribution in [0.2, 0.25) is 0 Å². The van der Waals surface area contributed by atoms with Crippen LogP contribution in [0.1, 0.15) is 104 Å². The molecular formula is C21H43N3O3. The summed E-state index contributed by atoms with van der Waals surface area (Å²) >= 11 is 0. The van der Waals surface area contributed by atoms with Crippen LogP contribution in [0, 0.1) is 0 Å². The lowest BCUT2D eigenvalue weighted by atomic mass is 9.99. The molecule has 0 saturated heterocycles. The van der Waals surface area contributed by atoms with Gasteiger partial charge in [-0.3, -0.25) is 0 Å². The van der Waals surface area contributed by atoms with Crippen molar-refractivity contribution < 1.29 is 14.9 Å². The monoisotopic (exact) mass is 385 g/mol. The molecule has 3 atom stereocenters. The first-order chi connectivity index (χ1) is 13.1. The van der Waals surface area contributed by atoms with Gasteiger partial charge in [0, 0.05) is 4.91 Å². The van der Waals surface area contributed by atoms with Crippen LogP contribution in [0.25, 0.3) is 10.4 Å². The van der Waals surface area contributed by atoms with Gasteiger partial charge in [-0.1, -0.05) is 89.1 Å². The van der Waals surface area contributed by atoms with Crippen LogP contribution in [0.3, 0.4) is 0 Å². The van der Waals surface area contributed by atoms with Crippen LogP contribution in [0.5, 0.6) is 0 Å². The molecule has 0 aliphatic carbocycles. The van der Waals surface area contributed by atoms with E-state index >= 15 is 0 Å². The molecule has 2 N–H and O–H groups in total. The number of aliphatic hydroxyl groups is 2. The third-order valence-corrected chi connectivity index (χ3v) is 4.93. The van der Waals surface area contributed by atoms with Gasteiger partial charge in [-0.25, -0.2) is 0 Å². The number of hydrogen-bond acceptors (Lipinski definition) is 4. The molecule has 0 aliphatic rings. The third kappa shape index (κ3) is 14.9. The average molecular weight is 386 g/mol. The maximum absolute atomic E-state index is 10.4. The Kier molecular flexibility index (Phi) is 18.0. The number of aliphatic hydroxyl groups excluding tert-OH is 2. The van der Waals surface area contributed by atoms with Crippen molar-refractivity contribution in [1.29, 1.82) is 0 Å². The number of unbranched alkanes of at least 4 members (excludes halogenated alkanes) is 11. The van der Waals surface area contributed by atoms with Crippen molar-refractivity contribution in [3.8, 4) is 0 Å². The molecule has 0 aromatic heterocycles. The van der Waals surface area contributed by atoms with Gasteiger partial charge in [0.1, 0.15) is 0 Å². The van der Waals surface area contributed by atoms with Crippen LogP contribution in [-0.4, -0.2) is 41.2 Å². The Morgan fingerprint density at radius 2 is 1.37 bits per heavy atom. The minimum Gasteiger partial charge on any atom is -0.396 e. The van der Waals surface area contributed by atoms with Crippen molar-refractivity contribution in [2.24, 2.45) is 5.11 Å². The summed E-state index contributed by atoms with van der Waals surface area (Å²) in [5.74, 6) is 0. The maximum atomic E-state index is 10.4. The van der Waals surface area contributed by atoms with Gasteiger partial charge in [-0.05, 0) is 25.8 Å². The summed E-state index contributed by atoms with van der Waals surface area (Å²) in [7, 11) is 0. The molecule has 0 spiro atoms. The number of azide groups is 1. The molecule has 0 amide bonds. The maximum Gasteiger partial charge on any atom is 0.0944 e. The van der Waals surface area contributed by atoms with E-state index in [-0.39, 0.29) is 12.7 Å². The van der Waals surface area contributed by atoms with Gasteiger partial charge in [0.15, 0.2) is 0 Å². The third-order valence-electron chi connectivity index (χ3n) is 4.93. The van der Waals surface area contributed by atoms with E-state index in [1.54, 1.807) is 0 Å². The zero-order valence-corrected chi connectivity index (χ0v) is 17.9. The van der Waals surface area contributed by atoms with E-state index in [2.05, 4.69) is 16.9 Å². The summed E-state index contributed by atoms with van der Waals surface area (Å²) in [5.41, 5.74) is 8.63. The molecule has 0 unspecified atom stereocenters. The largest absolute Gasteiger partial charge is 0.396 e. The summed E-state index contributed by atoms with van der Waals surface area (Å²) in [6.07, 6.45) is 14.4. The molecule has 0 rings (SSSR count). The Labute approximate surface area is 166 Å².